The highest BCUT2D eigenvalue weighted by molar-refractivity contribution is 5.96. The zero-order chi connectivity index (χ0) is 12.5. The van der Waals surface area contributed by atoms with Crippen LogP contribution in [0.4, 0.5) is 0 Å². The summed E-state index contributed by atoms with van der Waals surface area (Å²) in [5, 5.41) is 4.09. The van der Waals surface area contributed by atoms with Crippen molar-refractivity contribution in [3.8, 4) is 11.5 Å². The van der Waals surface area contributed by atoms with Crippen LogP contribution in [-0.4, -0.2) is 22.4 Å². The number of aromatic nitrogens is 2. The number of Topliss-reactive ketones (excluding diaryl/α,β-unsaturated/α-hetero) is 1. The number of ether oxygens (including phenoxy) is 2. The Hall–Kier alpha value is -2.30. The summed E-state index contributed by atoms with van der Waals surface area (Å²) < 4.78 is 12.1. The standard InChI is InChI=1S/C13H12N2O3/c1-9-5-14-15(6-9)7-11(16)10-2-3-12-13(4-10)18-8-17-12/h2-6H,7-8H2,1H3. The van der Waals surface area contributed by atoms with Gasteiger partial charge in [-0.1, -0.05) is 0 Å². The molecular formula is C13H12N2O3. The van der Waals surface area contributed by atoms with E-state index in [4.69, 9.17) is 9.47 Å². The van der Waals surface area contributed by atoms with Gasteiger partial charge < -0.3 is 9.47 Å². The molecule has 0 aliphatic carbocycles. The quantitative estimate of drug-likeness (QED) is 0.772. The van der Waals surface area contributed by atoms with Crippen molar-refractivity contribution in [2.75, 3.05) is 6.79 Å². The van der Waals surface area contributed by atoms with E-state index < -0.39 is 0 Å². The van der Waals surface area contributed by atoms with Gasteiger partial charge in [-0.05, 0) is 30.7 Å². The summed E-state index contributed by atoms with van der Waals surface area (Å²) in [7, 11) is 0. The molecule has 3 rings (SSSR count). The van der Waals surface area contributed by atoms with Gasteiger partial charge in [0.05, 0.1) is 6.20 Å². The molecule has 1 aromatic carbocycles. The van der Waals surface area contributed by atoms with Crippen molar-refractivity contribution in [3.63, 3.8) is 0 Å². The summed E-state index contributed by atoms with van der Waals surface area (Å²) in [6.45, 7) is 2.38. The maximum atomic E-state index is 12.1. The zero-order valence-corrected chi connectivity index (χ0v) is 9.92. The Bertz CT molecular complexity index is 604. The van der Waals surface area contributed by atoms with Crippen molar-refractivity contribution < 1.29 is 14.3 Å². The van der Waals surface area contributed by atoms with E-state index >= 15 is 0 Å². The first kappa shape index (κ1) is 10.8. The van der Waals surface area contributed by atoms with E-state index in [2.05, 4.69) is 5.10 Å². The van der Waals surface area contributed by atoms with Crippen LogP contribution >= 0.6 is 0 Å². The molecule has 0 amide bonds. The highest BCUT2D eigenvalue weighted by Crippen LogP contribution is 2.32. The Morgan fingerprint density at radius 2 is 2.22 bits per heavy atom. The van der Waals surface area contributed by atoms with Crippen LogP contribution in [0.5, 0.6) is 11.5 Å². The lowest BCUT2D eigenvalue weighted by Crippen LogP contribution is -2.10. The van der Waals surface area contributed by atoms with Crippen LogP contribution in [0.1, 0.15) is 15.9 Å². The third-order valence-electron chi connectivity index (χ3n) is 2.76. The van der Waals surface area contributed by atoms with E-state index in [1.54, 1.807) is 29.1 Å². The van der Waals surface area contributed by atoms with Crippen LogP contribution in [0.15, 0.2) is 30.6 Å². The minimum absolute atomic E-state index is 0.00333. The van der Waals surface area contributed by atoms with Crippen LogP contribution in [-0.2, 0) is 6.54 Å². The number of rotatable bonds is 3. The molecule has 0 saturated carbocycles. The van der Waals surface area contributed by atoms with Crippen molar-refractivity contribution in [2.24, 2.45) is 0 Å². The van der Waals surface area contributed by atoms with Crippen LogP contribution in [0.25, 0.3) is 0 Å². The van der Waals surface area contributed by atoms with E-state index in [1.165, 1.54) is 0 Å². The number of ketones is 1. The predicted octanol–water partition coefficient (Wildman–Crippen LogP) is 1.80. The molecule has 1 aromatic heterocycles. The molecule has 1 aliphatic rings. The van der Waals surface area contributed by atoms with E-state index in [0.29, 0.717) is 17.1 Å². The summed E-state index contributed by atoms with van der Waals surface area (Å²) in [5.74, 6) is 1.30. The molecule has 2 heterocycles. The number of benzene rings is 1. The molecular weight excluding hydrogens is 232 g/mol. The lowest BCUT2D eigenvalue weighted by molar-refractivity contribution is 0.0967. The highest BCUT2D eigenvalue weighted by Gasteiger charge is 2.16. The number of hydrogen-bond donors (Lipinski definition) is 0. The molecule has 2 aromatic rings. The maximum absolute atomic E-state index is 12.1. The average molecular weight is 244 g/mol. The fourth-order valence-electron chi connectivity index (χ4n) is 1.86. The minimum Gasteiger partial charge on any atom is -0.454 e. The second-order valence-electron chi connectivity index (χ2n) is 4.21. The van der Waals surface area contributed by atoms with Crippen LogP contribution in [0, 0.1) is 6.92 Å². The third kappa shape index (κ3) is 1.95. The molecule has 0 atom stereocenters. The maximum Gasteiger partial charge on any atom is 0.231 e. The second-order valence-corrected chi connectivity index (χ2v) is 4.21. The zero-order valence-electron chi connectivity index (χ0n) is 9.92. The van der Waals surface area contributed by atoms with Crippen molar-refractivity contribution in [2.45, 2.75) is 13.5 Å². The lowest BCUT2D eigenvalue weighted by Gasteiger charge is -2.03. The van der Waals surface area contributed by atoms with Gasteiger partial charge in [-0.2, -0.15) is 5.10 Å². The van der Waals surface area contributed by atoms with E-state index in [1.807, 2.05) is 13.1 Å². The Balaban J connectivity index is 1.80. The summed E-state index contributed by atoms with van der Waals surface area (Å²) in [6, 6.07) is 5.21. The van der Waals surface area contributed by atoms with Gasteiger partial charge >= 0.3 is 0 Å². The fraction of sp³-hybridized carbons (Fsp3) is 0.231. The molecule has 0 fully saturated rings. The van der Waals surface area contributed by atoms with Crippen LogP contribution in [0.2, 0.25) is 0 Å². The van der Waals surface area contributed by atoms with Gasteiger partial charge in [-0.3, -0.25) is 9.48 Å². The molecule has 0 unspecified atom stereocenters. The summed E-state index contributed by atoms with van der Waals surface area (Å²) in [6.07, 6.45) is 3.57. The van der Waals surface area contributed by atoms with Crippen molar-refractivity contribution in [1.82, 2.24) is 9.78 Å². The Morgan fingerprint density at radius 3 is 3.00 bits per heavy atom. The SMILES string of the molecule is Cc1cnn(CC(=O)c2ccc3c(c2)OCO3)c1. The third-order valence-corrected chi connectivity index (χ3v) is 2.76. The number of nitrogens with zero attached hydrogens (tertiary/aromatic N) is 2. The molecule has 1 aliphatic heterocycles. The van der Waals surface area contributed by atoms with Gasteiger partial charge in [0, 0.05) is 11.8 Å². The first-order valence-electron chi connectivity index (χ1n) is 5.64. The largest absolute Gasteiger partial charge is 0.454 e. The van der Waals surface area contributed by atoms with Crippen molar-refractivity contribution in [3.05, 3.63) is 41.7 Å². The van der Waals surface area contributed by atoms with Gasteiger partial charge in [0.1, 0.15) is 6.54 Å². The van der Waals surface area contributed by atoms with Gasteiger partial charge in [0.15, 0.2) is 17.3 Å². The van der Waals surface area contributed by atoms with E-state index in [9.17, 15) is 4.79 Å². The number of carbonyl (C=O) groups excluding carboxylic acids is 1. The average Bonchev–Trinajstić information content (AvgIpc) is 2.96. The first-order chi connectivity index (χ1) is 8.72. The summed E-state index contributed by atoms with van der Waals surface area (Å²) in [4.78, 5) is 12.1. The molecule has 18 heavy (non-hydrogen) atoms. The molecule has 5 nitrogen and oxygen atoms in total. The molecule has 92 valence electrons. The summed E-state index contributed by atoms with van der Waals surface area (Å²) in [5.41, 5.74) is 1.64. The Kier molecular flexibility index (Phi) is 2.51. The molecule has 5 heteroatoms. The number of fused-ring (bicyclic) bond motifs is 1. The normalized spacial score (nSPS) is 12.7. The topological polar surface area (TPSA) is 53.4 Å². The molecule has 0 spiro atoms. The van der Waals surface area contributed by atoms with Crippen LogP contribution < -0.4 is 9.47 Å². The van der Waals surface area contributed by atoms with Gasteiger partial charge in [0.2, 0.25) is 6.79 Å². The van der Waals surface area contributed by atoms with Gasteiger partial charge in [-0.25, -0.2) is 0 Å². The van der Waals surface area contributed by atoms with E-state index in [-0.39, 0.29) is 19.1 Å². The molecule has 0 radical (unpaired) electrons. The Morgan fingerprint density at radius 1 is 1.39 bits per heavy atom. The minimum atomic E-state index is -0.00333. The molecule has 0 N–H and O–H groups in total. The lowest BCUT2D eigenvalue weighted by atomic mass is 10.1. The van der Waals surface area contributed by atoms with Crippen molar-refractivity contribution in [1.29, 1.82) is 0 Å². The fourth-order valence-corrected chi connectivity index (χ4v) is 1.86. The summed E-state index contributed by atoms with van der Waals surface area (Å²) >= 11 is 0. The highest BCUT2D eigenvalue weighted by atomic mass is 16.7. The predicted molar refractivity (Wildman–Crippen MR) is 63.9 cm³/mol. The van der Waals surface area contributed by atoms with Gasteiger partial charge in [0.25, 0.3) is 0 Å². The van der Waals surface area contributed by atoms with Crippen molar-refractivity contribution >= 4 is 5.78 Å². The Labute approximate surface area is 104 Å². The van der Waals surface area contributed by atoms with Gasteiger partial charge in [-0.15, -0.1) is 0 Å². The van der Waals surface area contributed by atoms with Crippen LogP contribution in [0.3, 0.4) is 0 Å². The smallest absolute Gasteiger partial charge is 0.231 e. The van der Waals surface area contributed by atoms with E-state index in [0.717, 1.165) is 5.56 Å². The first-order valence-corrected chi connectivity index (χ1v) is 5.64. The number of carbonyl (C=O) groups is 1. The monoisotopic (exact) mass is 244 g/mol. The second kappa shape index (κ2) is 4.18. The molecule has 0 saturated heterocycles. The molecule has 0 bridgehead atoms. The number of aryl methyl sites for hydroxylation is 1. The number of hydrogen-bond acceptors (Lipinski definition) is 4.